The highest BCUT2D eigenvalue weighted by Crippen LogP contribution is 2.33. The van der Waals surface area contributed by atoms with Crippen LogP contribution < -0.4 is 10.5 Å². The Balaban J connectivity index is 2.05. The van der Waals surface area contributed by atoms with Crippen molar-refractivity contribution in [3.8, 4) is 11.1 Å². The van der Waals surface area contributed by atoms with E-state index in [1.165, 1.54) is 6.33 Å². The van der Waals surface area contributed by atoms with E-state index in [0.717, 1.165) is 28.3 Å². The number of aliphatic hydroxyl groups excluding tert-OH is 1. The van der Waals surface area contributed by atoms with Crippen molar-refractivity contribution in [2.45, 2.75) is 19.5 Å². The smallest absolute Gasteiger partial charge is 0.209 e. The molecule has 4 N–H and O–H groups in total. The first-order chi connectivity index (χ1) is 12.4. The number of nitrogen functional groups attached to an aromatic ring is 1. The van der Waals surface area contributed by atoms with Crippen molar-refractivity contribution >= 4 is 26.9 Å². The van der Waals surface area contributed by atoms with Gasteiger partial charge in [0.05, 0.1) is 11.6 Å². The van der Waals surface area contributed by atoms with Gasteiger partial charge in [0.25, 0.3) is 0 Å². The molecule has 0 unspecified atom stereocenters. The molecule has 138 valence electrons. The number of nitrogens with zero attached hydrogens (tertiary/aromatic N) is 3. The van der Waals surface area contributed by atoms with E-state index in [2.05, 4.69) is 14.7 Å². The lowest BCUT2D eigenvalue weighted by atomic mass is 10.0. The average molecular weight is 375 g/mol. The van der Waals surface area contributed by atoms with Crippen LogP contribution >= 0.6 is 0 Å². The molecule has 3 aromatic rings. The molecule has 3 rings (SSSR count). The summed E-state index contributed by atoms with van der Waals surface area (Å²) < 4.78 is 27.1. The van der Waals surface area contributed by atoms with Crippen LogP contribution in [0.3, 0.4) is 0 Å². The lowest BCUT2D eigenvalue weighted by Crippen LogP contribution is -2.21. The minimum atomic E-state index is -3.27. The number of aliphatic hydroxyl groups is 1. The highest BCUT2D eigenvalue weighted by atomic mass is 32.2. The maximum Gasteiger partial charge on any atom is 0.209 e. The van der Waals surface area contributed by atoms with Gasteiger partial charge in [-0.15, -0.1) is 0 Å². The van der Waals surface area contributed by atoms with E-state index in [1.807, 2.05) is 35.0 Å². The van der Waals surface area contributed by atoms with Gasteiger partial charge in [-0.3, -0.25) is 0 Å². The molecule has 26 heavy (non-hydrogen) atoms. The Kier molecular flexibility index (Phi) is 5.21. The molecule has 9 heteroatoms. The van der Waals surface area contributed by atoms with Crippen molar-refractivity contribution in [3.63, 3.8) is 0 Å². The van der Waals surface area contributed by atoms with Crippen molar-refractivity contribution in [2.75, 3.05) is 18.6 Å². The minimum Gasteiger partial charge on any atom is -0.396 e. The lowest BCUT2D eigenvalue weighted by molar-refractivity contribution is 0.280. The van der Waals surface area contributed by atoms with Crippen molar-refractivity contribution in [1.82, 2.24) is 19.3 Å². The largest absolute Gasteiger partial charge is 0.396 e. The number of nitrogens with one attached hydrogen (secondary N) is 1. The maximum absolute atomic E-state index is 11.3. The second-order valence-electron chi connectivity index (χ2n) is 6.06. The number of sulfonamides is 1. The summed E-state index contributed by atoms with van der Waals surface area (Å²) in [5, 5.41) is 9.86. The van der Waals surface area contributed by atoms with E-state index in [-0.39, 0.29) is 13.2 Å². The van der Waals surface area contributed by atoms with E-state index in [1.54, 1.807) is 0 Å². The molecular formula is C17H21N5O3S. The molecule has 0 aliphatic heterocycles. The SMILES string of the molecule is CS(=O)(=O)NCc1cccc(-c2cn(CCCO)c3ncnc(N)c23)c1. The number of fused-ring (bicyclic) bond motifs is 1. The number of aromatic nitrogens is 3. The maximum atomic E-state index is 11.3. The van der Waals surface area contributed by atoms with Crippen molar-refractivity contribution in [3.05, 3.63) is 42.4 Å². The Hall–Kier alpha value is -2.49. The third-order valence-corrected chi connectivity index (χ3v) is 4.69. The molecule has 0 aliphatic carbocycles. The summed E-state index contributed by atoms with van der Waals surface area (Å²) in [6, 6.07) is 7.56. The van der Waals surface area contributed by atoms with Crippen LogP contribution in [0, 0.1) is 0 Å². The van der Waals surface area contributed by atoms with Gasteiger partial charge in [-0.1, -0.05) is 18.2 Å². The Labute approximate surface area is 151 Å². The van der Waals surface area contributed by atoms with Gasteiger partial charge >= 0.3 is 0 Å². The van der Waals surface area contributed by atoms with Gasteiger partial charge in [0.15, 0.2) is 0 Å². The first-order valence-electron chi connectivity index (χ1n) is 8.13. The Morgan fingerprint density at radius 2 is 2.12 bits per heavy atom. The summed E-state index contributed by atoms with van der Waals surface area (Å²) in [5.41, 5.74) is 9.39. The molecule has 2 heterocycles. The first-order valence-corrected chi connectivity index (χ1v) is 10.0. The van der Waals surface area contributed by atoms with E-state index in [4.69, 9.17) is 10.8 Å². The van der Waals surface area contributed by atoms with Crippen LogP contribution in [0.5, 0.6) is 0 Å². The van der Waals surface area contributed by atoms with E-state index < -0.39 is 10.0 Å². The number of nitrogens with two attached hydrogens (primary N) is 1. The van der Waals surface area contributed by atoms with Gasteiger partial charge in [-0.25, -0.2) is 23.1 Å². The van der Waals surface area contributed by atoms with Crippen LogP contribution in [0.15, 0.2) is 36.8 Å². The number of anilines is 1. The van der Waals surface area contributed by atoms with Gasteiger partial charge in [-0.2, -0.15) is 0 Å². The molecule has 0 saturated heterocycles. The Bertz CT molecular complexity index is 1030. The number of benzene rings is 1. The molecule has 0 aliphatic rings. The molecular weight excluding hydrogens is 354 g/mol. The monoisotopic (exact) mass is 375 g/mol. The first kappa shape index (κ1) is 18.3. The second-order valence-corrected chi connectivity index (χ2v) is 7.90. The minimum absolute atomic E-state index is 0.0855. The fourth-order valence-corrected chi connectivity index (χ4v) is 3.27. The van der Waals surface area contributed by atoms with Gasteiger partial charge in [-0.05, 0) is 23.6 Å². The molecule has 1 aromatic carbocycles. The fraction of sp³-hybridized carbons (Fsp3) is 0.294. The molecule has 0 fully saturated rings. The van der Waals surface area contributed by atoms with Gasteiger partial charge in [0.2, 0.25) is 10.0 Å². The highest BCUT2D eigenvalue weighted by molar-refractivity contribution is 7.88. The highest BCUT2D eigenvalue weighted by Gasteiger charge is 2.15. The van der Waals surface area contributed by atoms with Crippen LogP contribution in [0.4, 0.5) is 5.82 Å². The van der Waals surface area contributed by atoms with Gasteiger partial charge in [0, 0.05) is 31.5 Å². The van der Waals surface area contributed by atoms with Gasteiger partial charge < -0.3 is 15.4 Å². The quantitative estimate of drug-likeness (QED) is 0.568. The van der Waals surface area contributed by atoms with Crippen LogP contribution in [0.25, 0.3) is 22.2 Å². The number of hydrogen-bond acceptors (Lipinski definition) is 6. The summed E-state index contributed by atoms with van der Waals surface area (Å²) in [5.74, 6) is 0.382. The van der Waals surface area contributed by atoms with Crippen LogP contribution in [0.1, 0.15) is 12.0 Å². The van der Waals surface area contributed by atoms with E-state index in [9.17, 15) is 8.42 Å². The molecule has 0 radical (unpaired) electrons. The zero-order chi connectivity index (χ0) is 18.7. The predicted octanol–water partition coefficient (Wildman–Crippen LogP) is 1.11. The fourth-order valence-electron chi connectivity index (χ4n) is 2.84. The number of hydrogen-bond donors (Lipinski definition) is 3. The standard InChI is InChI=1S/C17H21N5O3S/c1-26(24,25)21-9-12-4-2-5-13(8-12)14-10-22(6-3-7-23)17-15(14)16(18)19-11-20-17/h2,4-5,8,10-11,21,23H,3,6-7,9H2,1H3,(H2,18,19,20). The second kappa shape index (κ2) is 7.40. The van der Waals surface area contributed by atoms with Crippen molar-refractivity contribution in [2.24, 2.45) is 0 Å². The average Bonchev–Trinajstić information content (AvgIpc) is 2.98. The topological polar surface area (TPSA) is 123 Å². The predicted molar refractivity (Wildman–Crippen MR) is 101 cm³/mol. The molecule has 0 saturated carbocycles. The van der Waals surface area contributed by atoms with Gasteiger partial charge in [0.1, 0.15) is 17.8 Å². The summed E-state index contributed by atoms with van der Waals surface area (Å²) in [6.45, 7) is 0.906. The number of aryl methyl sites for hydroxylation is 1. The lowest BCUT2D eigenvalue weighted by Gasteiger charge is -2.06. The third kappa shape index (κ3) is 4.01. The Morgan fingerprint density at radius 3 is 2.85 bits per heavy atom. The zero-order valence-corrected chi connectivity index (χ0v) is 15.2. The summed E-state index contributed by atoms with van der Waals surface area (Å²) in [4.78, 5) is 8.42. The zero-order valence-electron chi connectivity index (χ0n) is 14.4. The van der Waals surface area contributed by atoms with Crippen LogP contribution in [-0.2, 0) is 23.1 Å². The summed E-state index contributed by atoms with van der Waals surface area (Å²) >= 11 is 0. The molecule has 0 amide bonds. The molecule has 0 spiro atoms. The van der Waals surface area contributed by atoms with E-state index >= 15 is 0 Å². The number of rotatable bonds is 7. The van der Waals surface area contributed by atoms with Crippen molar-refractivity contribution < 1.29 is 13.5 Å². The van der Waals surface area contributed by atoms with Crippen LogP contribution in [-0.4, -0.2) is 40.9 Å². The Morgan fingerprint density at radius 1 is 1.31 bits per heavy atom. The summed E-state index contributed by atoms with van der Waals surface area (Å²) in [7, 11) is -3.27. The molecule has 0 bridgehead atoms. The van der Waals surface area contributed by atoms with E-state index in [0.29, 0.717) is 24.4 Å². The van der Waals surface area contributed by atoms with Crippen LogP contribution in [0.2, 0.25) is 0 Å². The molecule has 2 aromatic heterocycles. The molecule has 8 nitrogen and oxygen atoms in total. The normalized spacial score (nSPS) is 11.9. The molecule has 0 atom stereocenters. The third-order valence-electron chi connectivity index (χ3n) is 4.02. The summed E-state index contributed by atoms with van der Waals surface area (Å²) in [6.07, 6.45) is 5.09. The van der Waals surface area contributed by atoms with Crippen molar-refractivity contribution in [1.29, 1.82) is 0 Å².